The quantitative estimate of drug-likeness (QED) is 0.719. The van der Waals surface area contributed by atoms with E-state index in [1.807, 2.05) is 0 Å². The van der Waals surface area contributed by atoms with Crippen LogP contribution >= 0.6 is 0 Å². The van der Waals surface area contributed by atoms with E-state index in [0.717, 1.165) is 24.7 Å². The second-order valence-corrected chi connectivity index (χ2v) is 5.02. The zero-order valence-corrected chi connectivity index (χ0v) is 10.0. The lowest BCUT2D eigenvalue weighted by Crippen LogP contribution is -2.15. The van der Waals surface area contributed by atoms with Crippen molar-refractivity contribution in [2.45, 2.75) is 52.9 Å². The van der Waals surface area contributed by atoms with E-state index < -0.39 is 5.97 Å². The predicted octanol–water partition coefficient (Wildman–Crippen LogP) is 3.62. The smallest absolute Gasteiger partial charge is 0.303 e. The largest absolute Gasteiger partial charge is 0.481 e. The van der Waals surface area contributed by atoms with E-state index in [1.54, 1.807) is 0 Å². The highest BCUT2D eigenvalue weighted by atomic mass is 16.4. The molecule has 0 fully saturated rings. The fourth-order valence-corrected chi connectivity index (χ4v) is 2.38. The Morgan fingerprint density at radius 3 is 2.67 bits per heavy atom. The minimum atomic E-state index is -0.679. The van der Waals surface area contributed by atoms with Crippen LogP contribution in [-0.2, 0) is 4.79 Å². The Hall–Kier alpha value is -0.790. The van der Waals surface area contributed by atoms with Crippen molar-refractivity contribution in [3.63, 3.8) is 0 Å². The molecule has 0 radical (unpaired) electrons. The van der Waals surface area contributed by atoms with Gasteiger partial charge in [0, 0.05) is 6.42 Å². The number of hydrogen-bond donors (Lipinski definition) is 1. The van der Waals surface area contributed by atoms with Gasteiger partial charge in [-0.05, 0) is 44.4 Å². The van der Waals surface area contributed by atoms with Crippen LogP contribution in [0.1, 0.15) is 52.9 Å². The van der Waals surface area contributed by atoms with Crippen LogP contribution < -0.4 is 0 Å². The summed E-state index contributed by atoms with van der Waals surface area (Å²) in [5.41, 5.74) is 2.84. The number of aliphatic carboxylic acids is 1. The molecule has 0 saturated carbocycles. The summed E-state index contributed by atoms with van der Waals surface area (Å²) < 4.78 is 0. The Bertz CT molecular complexity index is 264. The number of carboxylic acid groups (broad SMARTS) is 1. The summed E-state index contributed by atoms with van der Waals surface area (Å²) in [6, 6.07) is 0. The molecule has 0 saturated heterocycles. The van der Waals surface area contributed by atoms with E-state index in [-0.39, 0.29) is 0 Å². The predicted molar refractivity (Wildman–Crippen MR) is 61.7 cm³/mol. The van der Waals surface area contributed by atoms with E-state index in [0.29, 0.717) is 6.42 Å². The lowest BCUT2D eigenvalue weighted by Gasteiger charge is -2.28. The molecule has 0 heterocycles. The van der Waals surface area contributed by atoms with Crippen molar-refractivity contribution < 1.29 is 9.90 Å². The Kier molecular flexibility index (Phi) is 4.37. The molecule has 15 heavy (non-hydrogen) atoms. The lowest BCUT2D eigenvalue weighted by atomic mass is 9.78. The van der Waals surface area contributed by atoms with Gasteiger partial charge in [0.2, 0.25) is 0 Å². The van der Waals surface area contributed by atoms with Gasteiger partial charge in [-0.2, -0.15) is 0 Å². The van der Waals surface area contributed by atoms with Crippen molar-refractivity contribution >= 4 is 5.97 Å². The molecule has 1 aliphatic rings. The molecule has 1 N–H and O–H groups in total. The molecular weight excluding hydrogens is 188 g/mol. The maximum Gasteiger partial charge on any atom is 0.303 e. The summed E-state index contributed by atoms with van der Waals surface area (Å²) in [6.07, 6.45) is 4.57. The number of hydrogen-bond acceptors (Lipinski definition) is 1. The maximum atomic E-state index is 10.5. The van der Waals surface area contributed by atoms with Crippen LogP contribution in [0.3, 0.4) is 0 Å². The fourth-order valence-electron chi connectivity index (χ4n) is 2.38. The summed E-state index contributed by atoms with van der Waals surface area (Å²) >= 11 is 0. The zero-order valence-electron chi connectivity index (χ0n) is 10.0. The van der Waals surface area contributed by atoms with Crippen LogP contribution in [0, 0.1) is 11.8 Å². The first-order valence-electron chi connectivity index (χ1n) is 5.90. The van der Waals surface area contributed by atoms with Gasteiger partial charge in [0.25, 0.3) is 0 Å². The van der Waals surface area contributed by atoms with Crippen LogP contribution in [0.5, 0.6) is 0 Å². The monoisotopic (exact) mass is 210 g/mol. The highest BCUT2D eigenvalue weighted by molar-refractivity contribution is 5.67. The van der Waals surface area contributed by atoms with Crippen LogP contribution in [0.4, 0.5) is 0 Å². The summed E-state index contributed by atoms with van der Waals surface area (Å²) in [6.45, 7) is 6.73. The Labute approximate surface area is 92.4 Å². The van der Waals surface area contributed by atoms with Crippen LogP contribution in [0.15, 0.2) is 11.1 Å². The average molecular weight is 210 g/mol. The molecule has 0 amide bonds. The van der Waals surface area contributed by atoms with Gasteiger partial charge in [-0.15, -0.1) is 0 Å². The SMILES string of the molecule is CC1=C(CCC(=O)O)CCC(C(C)C)C1. The van der Waals surface area contributed by atoms with E-state index in [9.17, 15) is 4.79 Å². The van der Waals surface area contributed by atoms with Crippen LogP contribution in [-0.4, -0.2) is 11.1 Å². The molecule has 0 spiro atoms. The molecule has 1 atom stereocenters. The fraction of sp³-hybridized carbons (Fsp3) is 0.769. The number of carbonyl (C=O) groups is 1. The van der Waals surface area contributed by atoms with Gasteiger partial charge in [-0.3, -0.25) is 4.79 Å². The third-order valence-electron chi connectivity index (χ3n) is 3.57. The van der Waals surface area contributed by atoms with Gasteiger partial charge >= 0.3 is 5.97 Å². The summed E-state index contributed by atoms with van der Waals surface area (Å²) in [7, 11) is 0. The first-order valence-corrected chi connectivity index (χ1v) is 5.90. The summed E-state index contributed by atoms with van der Waals surface area (Å²) in [4.78, 5) is 10.5. The van der Waals surface area contributed by atoms with Gasteiger partial charge in [0.1, 0.15) is 0 Å². The Morgan fingerprint density at radius 2 is 2.20 bits per heavy atom. The van der Waals surface area contributed by atoms with E-state index in [1.165, 1.54) is 24.0 Å². The molecular formula is C13H22O2. The van der Waals surface area contributed by atoms with Crippen LogP contribution in [0.25, 0.3) is 0 Å². The van der Waals surface area contributed by atoms with Crippen molar-refractivity contribution in [3.8, 4) is 0 Å². The summed E-state index contributed by atoms with van der Waals surface area (Å²) in [5, 5.41) is 8.65. The minimum Gasteiger partial charge on any atom is -0.481 e. The molecule has 2 nitrogen and oxygen atoms in total. The maximum absolute atomic E-state index is 10.5. The highest BCUT2D eigenvalue weighted by Crippen LogP contribution is 2.35. The van der Waals surface area contributed by atoms with Gasteiger partial charge in [-0.25, -0.2) is 0 Å². The minimum absolute atomic E-state index is 0.291. The molecule has 0 aromatic heterocycles. The zero-order chi connectivity index (χ0) is 11.4. The van der Waals surface area contributed by atoms with Crippen molar-refractivity contribution in [2.24, 2.45) is 11.8 Å². The lowest BCUT2D eigenvalue weighted by molar-refractivity contribution is -0.136. The Balaban J connectivity index is 2.52. The van der Waals surface area contributed by atoms with E-state index in [2.05, 4.69) is 20.8 Å². The summed E-state index contributed by atoms with van der Waals surface area (Å²) in [5.74, 6) is 0.876. The first kappa shape index (κ1) is 12.3. The topological polar surface area (TPSA) is 37.3 Å². The molecule has 86 valence electrons. The molecule has 0 bridgehead atoms. The molecule has 1 rings (SSSR count). The number of rotatable bonds is 4. The van der Waals surface area contributed by atoms with Crippen molar-refractivity contribution in [1.29, 1.82) is 0 Å². The van der Waals surface area contributed by atoms with Gasteiger partial charge in [0.05, 0.1) is 0 Å². The standard InChI is InChI=1S/C13H22O2/c1-9(2)12-5-4-11(10(3)8-12)6-7-13(14)15/h9,12H,4-8H2,1-3H3,(H,14,15). The molecule has 0 aromatic carbocycles. The molecule has 0 aromatic rings. The van der Waals surface area contributed by atoms with Crippen molar-refractivity contribution in [1.82, 2.24) is 0 Å². The van der Waals surface area contributed by atoms with Gasteiger partial charge in [-0.1, -0.05) is 25.0 Å². The highest BCUT2D eigenvalue weighted by Gasteiger charge is 2.21. The third kappa shape index (κ3) is 3.69. The second-order valence-electron chi connectivity index (χ2n) is 5.02. The molecule has 2 heteroatoms. The van der Waals surface area contributed by atoms with Crippen molar-refractivity contribution in [2.75, 3.05) is 0 Å². The van der Waals surface area contributed by atoms with E-state index in [4.69, 9.17) is 5.11 Å². The third-order valence-corrected chi connectivity index (χ3v) is 3.57. The number of carboxylic acids is 1. The second kappa shape index (κ2) is 5.34. The van der Waals surface area contributed by atoms with Crippen molar-refractivity contribution in [3.05, 3.63) is 11.1 Å². The number of allylic oxidation sites excluding steroid dienone is 2. The van der Waals surface area contributed by atoms with Crippen LogP contribution in [0.2, 0.25) is 0 Å². The van der Waals surface area contributed by atoms with Gasteiger partial charge < -0.3 is 5.11 Å². The molecule has 1 unspecified atom stereocenters. The first-order chi connectivity index (χ1) is 7.00. The van der Waals surface area contributed by atoms with Gasteiger partial charge in [0.15, 0.2) is 0 Å². The normalized spacial score (nSPS) is 22.3. The molecule has 1 aliphatic carbocycles. The molecule has 0 aliphatic heterocycles. The Morgan fingerprint density at radius 1 is 1.53 bits per heavy atom. The van der Waals surface area contributed by atoms with E-state index >= 15 is 0 Å². The average Bonchev–Trinajstić information content (AvgIpc) is 2.15.